The molecule has 1 aliphatic heterocycles. The summed E-state index contributed by atoms with van der Waals surface area (Å²) in [4.78, 5) is 25.0. The average Bonchev–Trinajstić information content (AvgIpc) is 3.78. The van der Waals surface area contributed by atoms with Crippen LogP contribution in [0.15, 0.2) is 18.2 Å². The van der Waals surface area contributed by atoms with Crippen molar-refractivity contribution in [3.63, 3.8) is 0 Å². The van der Waals surface area contributed by atoms with Crippen molar-refractivity contribution in [2.24, 2.45) is 23.2 Å². The Hall–Kier alpha value is -2.48. The lowest BCUT2D eigenvalue weighted by Crippen LogP contribution is -2.50. The van der Waals surface area contributed by atoms with Gasteiger partial charge in [-0.1, -0.05) is 24.6 Å². The van der Waals surface area contributed by atoms with Crippen molar-refractivity contribution >= 4 is 11.6 Å². The van der Waals surface area contributed by atoms with Crippen molar-refractivity contribution in [2.45, 2.75) is 109 Å². The topological polar surface area (TPSA) is 58.1 Å². The van der Waals surface area contributed by atoms with Gasteiger partial charge < -0.3 is 10.2 Å². The molecule has 3 aliphatic carbocycles. The summed E-state index contributed by atoms with van der Waals surface area (Å²) < 4.78 is 41.3. The highest BCUT2D eigenvalue weighted by molar-refractivity contribution is 5.78. The van der Waals surface area contributed by atoms with Crippen LogP contribution < -0.4 is 5.32 Å². The van der Waals surface area contributed by atoms with E-state index in [4.69, 9.17) is 0 Å². The second-order valence-corrected chi connectivity index (χ2v) is 14.0. The molecule has 1 saturated heterocycles. The number of ketones is 1. The Morgan fingerprint density at radius 2 is 1.88 bits per heavy atom. The molecule has 6 rings (SSSR count). The molecule has 2 saturated carbocycles. The molecule has 0 bridgehead atoms. The summed E-state index contributed by atoms with van der Waals surface area (Å²) in [5, 5.41) is 3.28. The highest BCUT2D eigenvalue weighted by Crippen LogP contribution is 2.81. The maximum Gasteiger partial charge on any atom is 0.266 e. The van der Waals surface area contributed by atoms with E-state index in [2.05, 4.69) is 34.2 Å². The smallest absolute Gasteiger partial charge is 0.266 e. The molecular formula is C34H45F3N4O. The first-order valence-electron chi connectivity index (χ1n) is 15.9. The molecule has 1 N–H and O–H groups in total. The van der Waals surface area contributed by atoms with Crippen LogP contribution >= 0.6 is 0 Å². The molecule has 0 radical (unpaired) electrons. The Labute approximate surface area is 248 Å². The number of fused-ring (bicyclic) bond motifs is 2. The summed E-state index contributed by atoms with van der Waals surface area (Å²) in [5.74, 6) is 2.51. The molecule has 0 amide bonds. The minimum absolute atomic E-state index is 0.187. The average molecular weight is 583 g/mol. The number of alkyl halides is 2. The number of aromatic nitrogens is 2. The van der Waals surface area contributed by atoms with Crippen molar-refractivity contribution in [1.29, 1.82) is 0 Å². The zero-order valence-corrected chi connectivity index (χ0v) is 25.5. The number of carbonyl (C=O) groups is 1. The Kier molecular flexibility index (Phi) is 7.90. The Bertz CT molecular complexity index is 1340. The van der Waals surface area contributed by atoms with E-state index in [0.717, 1.165) is 61.9 Å². The van der Waals surface area contributed by atoms with E-state index in [1.807, 2.05) is 6.92 Å². The molecule has 4 atom stereocenters. The number of nitrogens with zero attached hydrogens (tertiary/aromatic N) is 3. The number of hydrogen-bond donors (Lipinski definition) is 1. The fourth-order valence-electron chi connectivity index (χ4n) is 8.25. The number of Topliss-reactive ketones (excluding diaryl/α,β-unsaturated/α-hetero) is 1. The highest BCUT2D eigenvalue weighted by atomic mass is 19.3. The zero-order chi connectivity index (χ0) is 29.8. The van der Waals surface area contributed by atoms with Gasteiger partial charge in [0.2, 0.25) is 0 Å². The summed E-state index contributed by atoms with van der Waals surface area (Å²) >= 11 is 0. The van der Waals surface area contributed by atoms with Crippen LogP contribution in [0, 0.1) is 35.9 Å². The number of carbonyl (C=O) groups excluding carboxylic acids is 1. The van der Waals surface area contributed by atoms with Gasteiger partial charge in [0.15, 0.2) is 0 Å². The van der Waals surface area contributed by atoms with Crippen molar-refractivity contribution < 1.29 is 18.0 Å². The van der Waals surface area contributed by atoms with Gasteiger partial charge in [-0.15, -0.1) is 0 Å². The van der Waals surface area contributed by atoms with Crippen molar-refractivity contribution in [3.8, 4) is 0 Å². The number of aryl methyl sites for hydroxylation is 1. The SMILES string of the molecule is Cc1nc2c(c(N[C@H](C)c3cccc(C(F)F)c3F)n1)CC(CCC(=O)CC1CCCC(C)(C34CC3C4)N(C)CC1)C2. The van der Waals surface area contributed by atoms with Gasteiger partial charge in [0, 0.05) is 35.2 Å². The molecular weight excluding hydrogens is 537 g/mol. The van der Waals surface area contributed by atoms with Gasteiger partial charge in [-0.2, -0.15) is 0 Å². The molecule has 0 spiro atoms. The fourth-order valence-corrected chi connectivity index (χ4v) is 8.25. The van der Waals surface area contributed by atoms with E-state index in [1.54, 1.807) is 6.92 Å². The lowest BCUT2D eigenvalue weighted by Gasteiger charge is -2.44. The summed E-state index contributed by atoms with van der Waals surface area (Å²) in [7, 11) is 2.30. The number of likely N-dealkylation sites (tertiary alicyclic amines) is 1. The van der Waals surface area contributed by atoms with Crippen LogP contribution in [0.25, 0.3) is 0 Å². The second kappa shape index (κ2) is 11.2. The number of halogens is 3. The van der Waals surface area contributed by atoms with Crippen LogP contribution in [-0.4, -0.2) is 39.8 Å². The summed E-state index contributed by atoms with van der Waals surface area (Å²) in [6, 6.07) is 3.57. The van der Waals surface area contributed by atoms with E-state index >= 15 is 0 Å². The van der Waals surface area contributed by atoms with E-state index in [9.17, 15) is 18.0 Å². The maximum absolute atomic E-state index is 14.8. The van der Waals surface area contributed by atoms with Crippen LogP contribution in [0.4, 0.5) is 19.0 Å². The normalized spacial score (nSPS) is 31.2. The third kappa shape index (κ3) is 5.48. The number of hydrogen-bond acceptors (Lipinski definition) is 5. The number of rotatable bonds is 10. The molecule has 42 heavy (non-hydrogen) atoms. The van der Waals surface area contributed by atoms with Crippen LogP contribution in [-0.2, 0) is 17.6 Å². The number of benzene rings is 1. The fraction of sp³-hybridized carbons (Fsp3) is 0.676. The third-order valence-corrected chi connectivity index (χ3v) is 11.4. The first-order valence-corrected chi connectivity index (χ1v) is 15.9. The summed E-state index contributed by atoms with van der Waals surface area (Å²) in [6.07, 6.45) is 8.37. The van der Waals surface area contributed by atoms with Gasteiger partial charge in [0.25, 0.3) is 6.43 Å². The predicted molar refractivity (Wildman–Crippen MR) is 158 cm³/mol. The third-order valence-electron chi connectivity index (χ3n) is 11.4. The van der Waals surface area contributed by atoms with Gasteiger partial charge in [-0.25, -0.2) is 23.1 Å². The van der Waals surface area contributed by atoms with Crippen LogP contribution in [0.2, 0.25) is 0 Å². The van der Waals surface area contributed by atoms with Gasteiger partial charge >= 0.3 is 0 Å². The standard InChI is InChI=1S/C34H45F3N4O/c1-20(26-8-5-9-27(30(26)35)31(36)37)38-32-28-16-23(17-29(28)39-21(2)40-32)10-11-25(42)15-22-7-6-13-33(3,41(4)14-12-22)34-18-24(34)19-34/h5,8-9,20,22-24,31H,6-7,10-19H2,1-4H3,(H,38,39,40)/t20-,22?,23?,24?,33?,34?/m1/s1. The molecule has 8 heteroatoms. The number of anilines is 1. The Balaban J connectivity index is 1.02. The highest BCUT2D eigenvalue weighted by Gasteiger charge is 2.77. The lowest BCUT2D eigenvalue weighted by molar-refractivity contribution is -0.120. The largest absolute Gasteiger partial charge is 0.363 e. The van der Waals surface area contributed by atoms with E-state index in [-0.39, 0.29) is 5.56 Å². The van der Waals surface area contributed by atoms with Crippen molar-refractivity contribution in [3.05, 3.63) is 52.2 Å². The van der Waals surface area contributed by atoms with Crippen LogP contribution in [0.1, 0.15) is 112 Å². The monoisotopic (exact) mass is 582 g/mol. The first-order chi connectivity index (χ1) is 20.0. The zero-order valence-electron chi connectivity index (χ0n) is 25.5. The molecule has 228 valence electrons. The van der Waals surface area contributed by atoms with Gasteiger partial charge in [-0.05, 0) is 109 Å². The molecule has 2 heterocycles. The van der Waals surface area contributed by atoms with Crippen LogP contribution in [0.5, 0.6) is 0 Å². The Morgan fingerprint density at radius 3 is 2.60 bits per heavy atom. The number of nitrogens with one attached hydrogen (secondary N) is 1. The molecule has 1 aromatic carbocycles. The lowest BCUT2D eigenvalue weighted by atomic mass is 9.78. The molecule has 5 nitrogen and oxygen atoms in total. The van der Waals surface area contributed by atoms with E-state index < -0.39 is 23.8 Å². The summed E-state index contributed by atoms with van der Waals surface area (Å²) in [6.45, 7) is 7.16. The summed E-state index contributed by atoms with van der Waals surface area (Å²) in [5.41, 5.74) is 2.53. The Morgan fingerprint density at radius 1 is 1.14 bits per heavy atom. The molecule has 3 fully saturated rings. The van der Waals surface area contributed by atoms with Crippen molar-refractivity contribution in [1.82, 2.24) is 14.9 Å². The maximum atomic E-state index is 14.8. The van der Waals surface area contributed by atoms with E-state index in [0.29, 0.717) is 53.1 Å². The quantitative estimate of drug-likeness (QED) is 0.310. The molecule has 2 aromatic rings. The minimum atomic E-state index is -2.87. The molecule has 3 unspecified atom stereocenters. The van der Waals surface area contributed by atoms with Crippen LogP contribution in [0.3, 0.4) is 0 Å². The van der Waals surface area contributed by atoms with Gasteiger partial charge in [0.1, 0.15) is 23.2 Å². The van der Waals surface area contributed by atoms with Gasteiger partial charge in [0.05, 0.1) is 11.6 Å². The van der Waals surface area contributed by atoms with E-state index in [1.165, 1.54) is 37.8 Å². The first kappa shape index (κ1) is 29.6. The second-order valence-electron chi connectivity index (χ2n) is 14.0. The molecule has 1 aromatic heterocycles. The van der Waals surface area contributed by atoms with Crippen molar-refractivity contribution in [2.75, 3.05) is 18.9 Å². The molecule has 4 aliphatic rings. The van der Waals surface area contributed by atoms with Gasteiger partial charge in [-0.3, -0.25) is 4.79 Å². The minimum Gasteiger partial charge on any atom is -0.363 e. The predicted octanol–water partition coefficient (Wildman–Crippen LogP) is 7.78.